The van der Waals surface area contributed by atoms with Gasteiger partial charge in [0, 0.05) is 44.4 Å². The zero-order valence-electron chi connectivity index (χ0n) is 16.1. The lowest BCUT2D eigenvalue weighted by Gasteiger charge is -2.22. The molecule has 1 aliphatic heterocycles. The molecule has 0 aliphatic carbocycles. The number of carbonyl (C=O) groups excluding carboxylic acids is 1. The van der Waals surface area contributed by atoms with Crippen LogP contribution in [0.1, 0.15) is 22.6 Å². The lowest BCUT2D eigenvalue weighted by Crippen LogP contribution is -2.37. The molecule has 0 spiro atoms. The zero-order chi connectivity index (χ0) is 20.5. The summed E-state index contributed by atoms with van der Waals surface area (Å²) in [7, 11) is -0.459. The summed E-state index contributed by atoms with van der Waals surface area (Å²) in [5.41, 5.74) is 0.367. The molecule has 1 aromatic heterocycles. The van der Waals surface area contributed by atoms with Gasteiger partial charge in [-0.1, -0.05) is 11.6 Å². The molecule has 1 aliphatic rings. The Bertz CT molecular complexity index is 970. The maximum atomic E-state index is 13.0. The van der Waals surface area contributed by atoms with E-state index in [2.05, 4.69) is 4.98 Å². The van der Waals surface area contributed by atoms with Crippen LogP contribution in [0.3, 0.4) is 0 Å². The molecule has 1 amide bonds. The topological polar surface area (TPSA) is 84.7 Å². The summed E-state index contributed by atoms with van der Waals surface area (Å²) in [5, 5.41) is 0.470. The lowest BCUT2D eigenvalue weighted by atomic mass is 10.1. The van der Waals surface area contributed by atoms with Crippen molar-refractivity contribution in [3.8, 4) is 5.75 Å². The van der Waals surface area contributed by atoms with Crippen molar-refractivity contribution in [1.82, 2.24) is 18.8 Å². The van der Waals surface area contributed by atoms with E-state index in [9.17, 15) is 13.2 Å². The molecule has 0 N–H and O–H groups in total. The Morgan fingerprint density at radius 1 is 1.21 bits per heavy atom. The third kappa shape index (κ3) is 4.01. The van der Waals surface area contributed by atoms with E-state index in [4.69, 9.17) is 16.3 Å². The van der Waals surface area contributed by atoms with Crippen molar-refractivity contribution in [2.24, 2.45) is 7.05 Å². The minimum absolute atomic E-state index is 0.0313. The summed E-state index contributed by atoms with van der Waals surface area (Å²) in [4.78, 5) is 18.7. The lowest BCUT2D eigenvalue weighted by molar-refractivity contribution is 0.0761. The van der Waals surface area contributed by atoms with E-state index in [1.807, 2.05) is 0 Å². The summed E-state index contributed by atoms with van der Waals surface area (Å²) >= 11 is 6.03. The number of aromatic nitrogens is 2. The SMILES string of the molecule is COc1ccc(Cl)cc1C(=O)N1CCCN(S(=O)(=O)c2cn(C)c(C)n2)CC1. The van der Waals surface area contributed by atoms with Crippen molar-refractivity contribution in [3.63, 3.8) is 0 Å². The quantitative estimate of drug-likeness (QED) is 0.745. The number of hydrogen-bond donors (Lipinski definition) is 0. The predicted molar refractivity (Wildman–Crippen MR) is 105 cm³/mol. The van der Waals surface area contributed by atoms with Crippen LogP contribution in [0.4, 0.5) is 0 Å². The number of halogens is 1. The molecule has 0 atom stereocenters. The third-order valence-corrected chi connectivity index (χ3v) is 6.83. The van der Waals surface area contributed by atoms with E-state index < -0.39 is 10.0 Å². The van der Waals surface area contributed by atoms with Crippen LogP contribution in [0.2, 0.25) is 5.02 Å². The fraction of sp³-hybridized carbons (Fsp3) is 0.444. The van der Waals surface area contributed by atoms with E-state index in [0.29, 0.717) is 41.7 Å². The Balaban J connectivity index is 1.78. The average Bonchev–Trinajstić information content (AvgIpc) is 2.87. The van der Waals surface area contributed by atoms with Crippen LogP contribution in [0.5, 0.6) is 5.75 Å². The fourth-order valence-electron chi connectivity index (χ4n) is 3.14. The molecule has 8 nitrogen and oxygen atoms in total. The minimum Gasteiger partial charge on any atom is -0.496 e. The molecule has 2 aromatic rings. The second kappa shape index (κ2) is 8.10. The summed E-state index contributed by atoms with van der Waals surface area (Å²) in [6, 6.07) is 4.87. The highest BCUT2D eigenvalue weighted by Gasteiger charge is 2.31. The number of carbonyl (C=O) groups is 1. The molecule has 0 saturated carbocycles. The smallest absolute Gasteiger partial charge is 0.262 e. The van der Waals surface area contributed by atoms with Crippen molar-refractivity contribution in [1.29, 1.82) is 0 Å². The molecule has 0 radical (unpaired) electrons. The largest absolute Gasteiger partial charge is 0.496 e. The standard InChI is InChI=1S/C18H23ClN4O4S/c1-13-20-17(12-21(13)2)28(25,26)23-8-4-7-22(9-10-23)18(24)15-11-14(19)5-6-16(15)27-3/h5-6,11-12H,4,7-10H2,1-3H3. The minimum atomic E-state index is -3.70. The maximum absolute atomic E-state index is 13.0. The van der Waals surface area contributed by atoms with Crippen LogP contribution in [0.25, 0.3) is 0 Å². The van der Waals surface area contributed by atoms with Gasteiger partial charge in [0.1, 0.15) is 11.6 Å². The molecule has 1 aromatic carbocycles. The number of rotatable bonds is 4. The third-order valence-electron chi connectivity index (χ3n) is 4.82. The number of nitrogens with zero attached hydrogens (tertiary/aromatic N) is 4. The summed E-state index contributed by atoms with van der Waals surface area (Å²) < 4.78 is 34.1. The van der Waals surface area contributed by atoms with E-state index in [1.165, 1.54) is 17.6 Å². The number of methoxy groups -OCH3 is 1. The highest BCUT2D eigenvalue weighted by Crippen LogP contribution is 2.25. The first-order chi connectivity index (χ1) is 13.2. The second-order valence-corrected chi connectivity index (χ2v) is 8.95. The van der Waals surface area contributed by atoms with Crippen molar-refractivity contribution in [3.05, 3.63) is 40.8 Å². The van der Waals surface area contributed by atoms with Gasteiger partial charge in [0.2, 0.25) is 0 Å². The van der Waals surface area contributed by atoms with Crippen molar-refractivity contribution < 1.29 is 17.9 Å². The predicted octanol–water partition coefficient (Wildman–Crippen LogP) is 1.93. The number of aryl methyl sites for hydroxylation is 2. The normalized spacial score (nSPS) is 16.1. The van der Waals surface area contributed by atoms with Gasteiger partial charge in [-0.25, -0.2) is 13.4 Å². The van der Waals surface area contributed by atoms with Crippen molar-refractivity contribution in [2.75, 3.05) is 33.3 Å². The molecule has 152 valence electrons. The van der Waals surface area contributed by atoms with Gasteiger partial charge in [0.25, 0.3) is 15.9 Å². The molecule has 10 heteroatoms. The highest BCUT2D eigenvalue weighted by molar-refractivity contribution is 7.89. The number of sulfonamides is 1. The number of benzene rings is 1. The first-order valence-electron chi connectivity index (χ1n) is 8.87. The Morgan fingerprint density at radius 3 is 2.61 bits per heavy atom. The number of hydrogen-bond acceptors (Lipinski definition) is 5. The van der Waals surface area contributed by atoms with Crippen LogP contribution in [0.15, 0.2) is 29.4 Å². The van der Waals surface area contributed by atoms with Crippen LogP contribution in [0, 0.1) is 6.92 Å². The van der Waals surface area contributed by atoms with Crippen molar-refractivity contribution >= 4 is 27.5 Å². The molecule has 1 fully saturated rings. The number of imidazole rings is 1. The van der Waals surface area contributed by atoms with Gasteiger partial charge in [0.15, 0.2) is 5.03 Å². The summed E-state index contributed by atoms with van der Waals surface area (Å²) in [6.45, 7) is 3.00. The van der Waals surface area contributed by atoms with Gasteiger partial charge in [0.05, 0.1) is 12.7 Å². The molecular weight excluding hydrogens is 404 g/mol. The van der Waals surface area contributed by atoms with Crippen LogP contribution in [-0.2, 0) is 17.1 Å². The Hall–Kier alpha value is -2.10. The molecule has 1 saturated heterocycles. The van der Waals surface area contributed by atoms with E-state index in [-0.39, 0.29) is 24.0 Å². The van der Waals surface area contributed by atoms with Crippen LogP contribution in [-0.4, -0.2) is 66.4 Å². The number of ether oxygens (including phenoxy) is 1. The van der Waals surface area contributed by atoms with Crippen LogP contribution >= 0.6 is 11.6 Å². The van der Waals surface area contributed by atoms with Crippen molar-refractivity contribution in [2.45, 2.75) is 18.4 Å². The zero-order valence-corrected chi connectivity index (χ0v) is 17.6. The van der Waals surface area contributed by atoms with Gasteiger partial charge in [-0.3, -0.25) is 4.79 Å². The average molecular weight is 427 g/mol. The molecule has 3 rings (SSSR count). The van der Waals surface area contributed by atoms with Gasteiger partial charge < -0.3 is 14.2 Å². The summed E-state index contributed by atoms with van der Waals surface area (Å²) in [5.74, 6) is 0.831. The molecule has 0 bridgehead atoms. The van der Waals surface area contributed by atoms with Gasteiger partial charge in [-0.15, -0.1) is 0 Å². The first-order valence-corrected chi connectivity index (χ1v) is 10.7. The van der Waals surface area contributed by atoms with Crippen LogP contribution < -0.4 is 4.74 Å². The molecular formula is C18H23ClN4O4S. The maximum Gasteiger partial charge on any atom is 0.262 e. The fourth-order valence-corrected chi connectivity index (χ4v) is 4.80. The first kappa shape index (κ1) is 20.6. The van der Waals surface area contributed by atoms with Gasteiger partial charge >= 0.3 is 0 Å². The molecule has 28 heavy (non-hydrogen) atoms. The Morgan fingerprint density at radius 2 is 1.96 bits per heavy atom. The highest BCUT2D eigenvalue weighted by atomic mass is 35.5. The monoisotopic (exact) mass is 426 g/mol. The Kier molecular flexibility index (Phi) is 5.97. The number of amides is 1. The van der Waals surface area contributed by atoms with E-state index >= 15 is 0 Å². The molecule has 2 heterocycles. The summed E-state index contributed by atoms with van der Waals surface area (Å²) in [6.07, 6.45) is 2.04. The Labute approximate surface area is 169 Å². The van der Waals surface area contributed by atoms with E-state index in [1.54, 1.807) is 41.6 Å². The van der Waals surface area contributed by atoms with Gasteiger partial charge in [-0.2, -0.15) is 4.31 Å². The second-order valence-electron chi connectivity index (χ2n) is 6.63. The van der Waals surface area contributed by atoms with Gasteiger partial charge in [-0.05, 0) is 31.5 Å². The van der Waals surface area contributed by atoms with E-state index in [0.717, 1.165) is 0 Å². The molecule has 0 unspecified atom stereocenters.